The predicted octanol–water partition coefficient (Wildman–Crippen LogP) is 1.84. The first-order valence-corrected chi connectivity index (χ1v) is 9.50. The molecular weight excluding hydrogens is 368 g/mol. The number of rotatable bonds is 6. The fourth-order valence-corrected chi connectivity index (χ4v) is 3.25. The molecule has 0 unspecified atom stereocenters. The maximum absolute atomic E-state index is 12.4. The monoisotopic (exact) mass is 386 g/mol. The van der Waals surface area contributed by atoms with Gasteiger partial charge in [0.2, 0.25) is 10.0 Å². The van der Waals surface area contributed by atoms with Gasteiger partial charge in [-0.1, -0.05) is 12.1 Å². The number of nitrogens with zero attached hydrogens (tertiary/aromatic N) is 2. The van der Waals surface area contributed by atoms with Gasteiger partial charge in [-0.25, -0.2) is 13.6 Å². The molecule has 0 fully saturated rings. The number of nitrogens with two attached hydrogens (primary N) is 1. The Morgan fingerprint density at radius 3 is 2.56 bits per heavy atom. The summed E-state index contributed by atoms with van der Waals surface area (Å²) in [5.41, 5.74) is 1.73. The third-order valence-electron chi connectivity index (χ3n) is 3.85. The number of carbonyl (C=O) groups is 1. The van der Waals surface area contributed by atoms with E-state index in [0.29, 0.717) is 17.8 Å². The summed E-state index contributed by atoms with van der Waals surface area (Å²) in [6.07, 6.45) is 3.56. The molecule has 0 saturated heterocycles. The number of nitrogens with one attached hydrogen (secondary N) is 1. The van der Waals surface area contributed by atoms with Crippen LogP contribution in [0.1, 0.15) is 15.9 Å². The van der Waals surface area contributed by atoms with Crippen LogP contribution in [0, 0.1) is 0 Å². The van der Waals surface area contributed by atoms with Crippen molar-refractivity contribution >= 4 is 21.6 Å². The Balaban J connectivity index is 1.75. The van der Waals surface area contributed by atoms with E-state index in [0.717, 1.165) is 5.56 Å². The summed E-state index contributed by atoms with van der Waals surface area (Å²) in [7, 11) is -2.64. The van der Waals surface area contributed by atoms with Crippen LogP contribution in [-0.2, 0) is 16.6 Å². The van der Waals surface area contributed by atoms with Crippen molar-refractivity contribution in [3.05, 3.63) is 72.1 Å². The van der Waals surface area contributed by atoms with E-state index >= 15 is 0 Å². The van der Waals surface area contributed by atoms with Gasteiger partial charge in [0.15, 0.2) is 0 Å². The lowest BCUT2D eigenvalue weighted by Gasteiger charge is -2.10. The largest absolute Gasteiger partial charge is 0.495 e. The molecule has 0 aliphatic heterocycles. The fourth-order valence-electron chi connectivity index (χ4n) is 2.52. The Bertz CT molecular complexity index is 1050. The second-order valence-electron chi connectivity index (χ2n) is 5.77. The van der Waals surface area contributed by atoms with E-state index in [-0.39, 0.29) is 16.6 Å². The van der Waals surface area contributed by atoms with Crippen molar-refractivity contribution in [2.24, 2.45) is 5.14 Å². The number of sulfonamides is 1. The second kappa shape index (κ2) is 7.60. The summed E-state index contributed by atoms with van der Waals surface area (Å²) in [6.45, 7) is 0.602. The molecule has 3 rings (SSSR count). The van der Waals surface area contributed by atoms with Crippen molar-refractivity contribution in [2.45, 2.75) is 11.4 Å². The van der Waals surface area contributed by atoms with Crippen molar-refractivity contribution in [3.63, 3.8) is 0 Å². The Morgan fingerprint density at radius 2 is 1.96 bits per heavy atom. The van der Waals surface area contributed by atoms with Crippen LogP contribution in [0.5, 0.6) is 5.75 Å². The minimum atomic E-state index is -3.98. The van der Waals surface area contributed by atoms with Gasteiger partial charge in [-0.2, -0.15) is 5.10 Å². The van der Waals surface area contributed by atoms with Crippen LogP contribution in [0.4, 0.5) is 5.69 Å². The summed E-state index contributed by atoms with van der Waals surface area (Å²) >= 11 is 0. The number of carbonyl (C=O) groups excluding carboxylic acids is 1. The first-order valence-electron chi connectivity index (χ1n) is 7.95. The van der Waals surface area contributed by atoms with Crippen LogP contribution < -0.4 is 15.2 Å². The molecule has 0 radical (unpaired) electrons. The van der Waals surface area contributed by atoms with E-state index in [1.54, 1.807) is 23.0 Å². The van der Waals surface area contributed by atoms with Gasteiger partial charge < -0.3 is 10.1 Å². The number of ether oxygens (including phenoxy) is 1. The molecule has 1 heterocycles. The Hall–Kier alpha value is -3.17. The van der Waals surface area contributed by atoms with Crippen LogP contribution in [0.2, 0.25) is 0 Å². The number of benzene rings is 2. The molecule has 3 aromatic rings. The van der Waals surface area contributed by atoms with Crippen molar-refractivity contribution in [1.29, 1.82) is 0 Å². The van der Waals surface area contributed by atoms with E-state index < -0.39 is 10.0 Å². The van der Waals surface area contributed by atoms with E-state index in [4.69, 9.17) is 9.88 Å². The van der Waals surface area contributed by atoms with Gasteiger partial charge in [0.05, 0.1) is 13.7 Å². The summed E-state index contributed by atoms with van der Waals surface area (Å²) < 4.78 is 30.1. The highest BCUT2D eigenvalue weighted by molar-refractivity contribution is 7.89. The quantitative estimate of drug-likeness (QED) is 0.670. The molecule has 0 bridgehead atoms. The lowest BCUT2D eigenvalue weighted by molar-refractivity contribution is 0.102. The summed E-state index contributed by atoms with van der Waals surface area (Å²) in [4.78, 5) is 12.2. The highest BCUT2D eigenvalue weighted by atomic mass is 32.2. The van der Waals surface area contributed by atoms with Gasteiger partial charge in [-0.3, -0.25) is 9.48 Å². The minimum Gasteiger partial charge on any atom is -0.495 e. The molecule has 3 N–H and O–H groups in total. The molecule has 0 aliphatic carbocycles. The average Bonchev–Trinajstić information content (AvgIpc) is 3.14. The summed E-state index contributed by atoms with van der Waals surface area (Å²) in [6, 6.07) is 13.1. The molecule has 1 amide bonds. The Labute approximate surface area is 156 Å². The van der Waals surface area contributed by atoms with Gasteiger partial charge in [0.1, 0.15) is 10.6 Å². The topological polar surface area (TPSA) is 116 Å². The van der Waals surface area contributed by atoms with E-state index in [2.05, 4.69) is 10.4 Å². The Kier molecular flexibility index (Phi) is 5.24. The molecule has 0 spiro atoms. The molecule has 0 atom stereocenters. The van der Waals surface area contributed by atoms with Gasteiger partial charge >= 0.3 is 0 Å². The maximum Gasteiger partial charge on any atom is 0.255 e. The SMILES string of the molecule is COc1ccc(NC(=O)c2ccc(Cn3cccn3)cc2)cc1S(N)(=O)=O. The highest BCUT2D eigenvalue weighted by Gasteiger charge is 2.16. The summed E-state index contributed by atoms with van der Waals surface area (Å²) in [5, 5.41) is 12.0. The van der Waals surface area contributed by atoms with Crippen LogP contribution in [0.15, 0.2) is 65.8 Å². The molecule has 0 aliphatic rings. The Morgan fingerprint density at radius 1 is 1.22 bits per heavy atom. The lowest BCUT2D eigenvalue weighted by atomic mass is 10.1. The first kappa shape index (κ1) is 18.6. The number of methoxy groups -OCH3 is 1. The van der Waals surface area contributed by atoms with E-state index in [9.17, 15) is 13.2 Å². The van der Waals surface area contributed by atoms with Crippen molar-refractivity contribution < 1.29 is 17.9 Å². The van der Waals surface area contributed by atoms with E-state index in [1.807, 2.05) is 24.4 Å². The summed E-state index contributed by atoms with van der Waals surface area (Å²) in [5.74, 6) is -0.260. The smallest absolute Gasteiger partial charge is 0.255 e. The first-order chi connectivity index (χ1) is 12.9. The van der Waals surface area contributed by atoms with Gasteiger partial charge in [0.25, 0.3) is 5.91 Å². The van der Waals surface area contributed by atoms with Crippen molar-refractivity contribution in [2.75, 3.05) is 12.4 Å². The standard InChI is InChI=1S/C18H18N4O4S/c1-26-16-8-7-15(11-17(16)27(19,24)25)21-18(23)14-5-3-13(4-6-14)12-22-10-2-9-20-22/h2-11H,12H2,1H3,(H,21,23)(H2,19,24,25). The van der Waals surface area contributed by atoms with Crippen LogP contribution in [-0.4, -0.2) is 31.2 Å². The maximum atomic E-state index is 12.4. The normalized spacial score (nSPS) is 11.2. The third-order valence-corrected chi connectivity index (χ3v) is 4.78. The van der Waals surface area contributed by atoms with Crippen molar-refractivity contribution in [1.82, 2.24) is 9.78 Å². The lowest BCUT2D eigenvalue weighted by Crippen LogP contribution is -2.16. The van der Waals surface area contributed by atoms with Gasteiger partial charge in [0, 0.05) is 23.6 Å². The second-order valence-corrected chi connectivity index (χ2v) is 7.30. The number of primary sulfonamides is 1. The van der Waals surface area contributed by atoms with E-state index in [1.165, 1.54) is 25.3 Å². The molecule has 2 aromatic carbocycles. The van der Waals surface area contributed by atoms with Crippen LogP contribution in [0.3, 0.4) is 0 Å². The minimum absolute atomic E-state index is 0.110. The third kappa shape index (κ3) is 4.52. The zero-order valence-corrected chi connectivity index (χ0v) is 15.3. The number of anilines is 1. The van der Waals surface area contributed by atoms with Crippen LogP contribution >= 0.6 is 0 Å². The molecule has 9 heteroatoms. The fraction of sp³-hybridized carbons (Fsp3) is 0.111. The molecule has 0 saturated carbocycles. The van der Waals surface area contributed by atoms with Crippen molar-refractivity contribution in [3.8, 4) is 5.75 Å². The molecular formula is C18H18N4O4S. The molecule has 140 valence electrons. The van der Waals surface area contributed by atoms with Crippen LogP contribution in [0.25, 0.3) is 0 Å². The highest BCUT2D eigenvalue weighted by Crippen LogP contribution is 2.26. The number of hydrogen-bond donors (Lipinski definition) is 2. The molecule has 1 aromatic heterocycles. The predicted molar refractivity (Wildman–Crippen MR) is 100 cm³/mol. The van der Waals surface area contributed by atoms with Gasteiger partial charge in [-0.05, 0) is 42.0 Å². The zero-order valence-electron chi connectivity index (χ0n) is 14.5. The number of hydrogen-bond acceptors (Lipinski definition) is 5. The molecule has 8 nitrogen and oxygen atoms in total. The number of amides is 1. The zero-order chi connectivity index (χ0) is 19.4. The molecule has 27 heavy (non-hydrogen) atoms. The number of aromatic nitrogens is 2. The van der Waals surface area contributed by atoms with Gasteiger partial charge in [-0.15, -0.1) is 0 Å². The average molecular weight is 386 g/mol.